The van der Waals surface area contributed by atoms with Crippen molar-refractivity contribution >= 4 is 28.1 Å². The van der Waals surface area contributed by atoms with Crippen LogP contribution in [0.15, 0.2) is 70.7 Å². The third-order valence-electron chi connectivity index (χ3n) is 3.56. The van der Waals surface area contributed by atoms with Gasteiger partial charge in [0.05, 0.1) is 18.4 Å². The fourth-order valence-electron chi connectivity index (χ4n) is 2.45. The minimum atomic E-state index is -0.332. The van der Waals surface area contributed by atoms with E-state index in [1.807, 2.05) is 53.9 Å². The maximum absolute atomic E-state index is 12.1. The van der Waals surface area contributed by atoms with E-state index in [2.05, 4.69) is 4.98 Å². The monoisotopic (exact) mass is 335 g/mol. The second-order valence-electron chi connectivity index (χ2n) is 5.28. The summed E-state index contributed by atoms with van der Waals surface area (Å²) in [6.45, 7) is 0. The molecule has 0 saturated carbocycles. The van der Waals surface area contributed by atoms with Crippen molar-refractivity contribution in [2.24, 2.45) is 0 Å². The second-order valence-corrected chi connectivity index (χ2v) is 6.14. The Bertz CT molecular complexity index is 989. The summed E-state index contributed by atoms with van der Waals surface area (Å²) >= 11 is 1.44. The lowest BCUT2D eigenvalue weighted by Gasteiger charge is -2.04. The van der Waals surface area contributed by atoms with E-state index in [9.17, 15) is 4.79 Å². The van der Waals surface area contributed by atoms with E-state index < -0.39 is 0 Å². The van der Waals surface area contributed by atoms with Crippen LogP contribution < -0.4 is 4.74 Å². The van der Waals surface area contributed by atoms with Crippen LogP contribution in [0.25, 0.3) is 21.5 Å². The fourth-order valence-corrected chi connectivity index (χ4v) is 3.23. The fraction of sp³-hybridized carbons (Fsp3) is 0.0526. The van der Waals surface area contributed by atoms with Gasteiger partial charge in [0, 0.05) is 5.38 Å². The van der Waals surface area contributed by atoms with E-state index in [4.69, 9.17) is 9.15 Å². The molecular weight excluding hydrogens is 322 g/mol. The summed E-state index contributed by atoms with van der Waals surface area (Å²) in [6.07, 6.45) is 1.73. The summed E-state index contributed by atoms with van der Waals surface area (Å²) in [7, 11) is 0. The van der Waals surface area contributed by atoms with Crippen LogP contribution in [-0.2, 0) is 11.2 Å². The summed E-state index contributed by atoms with van der Waals surface area (Å²) in [4.78, 5) is 16.5. The number of benzene rings is 2. The Morgan fingerprint density at radius 1 is 1.08 bits per heavy atom. The van der Waals surface area contributed by atoms with Crippen LogP contribution in [0.4, 0.5) is 0 Å². The lowest BCUT2D eigenvalue weighted by atomic mass is 10.1. The maximum Gasteiger partial charge on any atom is 0.317 e. The first-order valence-electron chi connectivity index (χ1n) is 7.46. The standard InChI is InChI=1S/C19H13NO3S/c21-18(11-15-12-24-19(20-15)17-6-3-9-22-17)23-16-8-7-13-4-1-2-5-14(13)10-16/h1-10,12H,11H2. The molecule has 5 heteroatoms. The van der Waals surface area contributed by atoms with Crippen LogP contribution in [0.5, 0.6) is 5.75 Å². The zero-order valence-corrected chi connectivity index (χ0v) is 13.5. The first-order chi connectivity index (χ1) is 11.8. The van der Waals surface area contributed by atoms with E-state index in [1.54, 1.807) is 12.3 Å². The predicted molar refractivity (Wildman–Crippen MR) is 93.1 cm³/mol. The number of carbonyl (C=O) groups is 1. The van der Waals surface area contributed by atoms with Gasteiger partial charge < -0.3 is 9.15 Å². The van der Waals surface area contributed by atoms with Gasteiger partial charge in [0.15, 0.2) is 10.8 Å². The smallest absolute Gasteiger partial charge is 0.317 e. The molecule has 24 heavy (non-hydrogen) atoms. The molecule has 0 aliphatic heterocycles. The number of esters is 1. The van der Waals surface area contributed by atoms with E-state index in [1.165, 1.54) is 11.3 Å². The SMILES string of the molecule is O=C(Cc1csc(-c2ccco2)n1)Oc1ccc2ccccc2c1. The number of hydrogen-bond acceptors (Lipinski definition) is 5. The van der Waals surface area contributed by atoms with E-state index in [-0.39, 0.29) is 12.4 Å². The number of thiazole rings is 1. The van der Waals surface area contributed by atoms with Gasteiger partial charge in [-0.05, 0) is 35.0 Å². The molecule has 0 amide bonds. The molecule has 2 aromatic carbocycles. The van der Waals surface area contributed by atoms with Gasteiger partial charge in [0.1, 0.15) is 5.75 Å². The van der Waals surface area contributed by atoms with Crippen LogP contribution in [0.2, 0.25) is 0 Å². The maximum atomic E-state index is 12.1. The summed E-state index contributed by atoms with van der Waals surface area (Å²) in [5, 5.41) is 4.75. The molecule has 0 spiro atoms. The molecule has 0 N–H and O–H groups in total. The highest BCUT2D eigenvalue weighted by atomic mass is 32.1. The molecular formula is C19H13NO3S. The molecule has 2 heterocycles. The van der Waals surface area contributed by atoms with Crippen molar-refractivity contribution in [2.75, 3.05) is 0 Å². The van der Waals surface area contributed by atoms with Gasteiger partial charge in [-0.2, -0.15) is 0 Å². The minimum Gasteiger partial charge on any atom is -0.462 e. The third kappa shape index (κ3) is 3.07. The Balaban J connectivity index is 1.46. The number of aromatic nitrogens is 1. The van der Waals surface area contributed by atoms with Crippen molar-refractivity contribution in [2.45, 2.75) is 6.42 Å². The Morgan fingerprint density at radius 2 is 1.96 bits per heavy atom. The molecule has 118 valence electrons. The lowest BCUT2D eigenvalue weighted by molar-refractivity contribution is -0.133. The Morgan fingerprint density at radius 3 is 2.79 bits per heavy atom. The first kappa shape index (κ1) is 14.7. The minimum absolute atomic E-state index is 0.129. The third-order valence-corrected chi connectivity index (χ3v) is 4.47. The highest BCUT2D eigenvalue weighted by Gasteiger charge is 2.12. The lowest BCUT2D eigenvalue weighted by Crippen LogP contribution is -2.11. The number of carbonyl (C=O) groups excluding carboxylic acids is 1. The summed E-state index contributed by atoms with van der Waals surface area (Å²) in [5.74, 6) is 0.913. The van der Waals surface area contributed by atoms with Gasteiger partial charge in [-0.1, -0.05) is 30.3 Å². The van der Waals surface area contributed by atoms with E-state index >= 15 is 0 Å². The van der Waals surface area contributed by atoms with Crippen LogP contribution in [0, 0.1) is 0 Å². The van der Waals surface area contributed by atoms with Crippen molar-refractivity contribution in [3.05, 3.63) is 71.9 Å². The molecule has 0 saturated heterocycles. The molecule has 0 bridgehead atoms. The highest BCUT2D eigenvalue weighted by molar-refractivity contribution is 7.13. The topological polar surface area (TPSA) is 52.3 Å². The predicted octanol–water partition coefficient (Wildman–Crippen LogP) is 4.70. The van der Waals surface area contributed by atoms with E-state index in [0.29, 0.717) is 17.2 Å². The van der Waals surface area contributed by atoms with Crippen LogP contribution in [-0.4, -0.2) is 11.0 Å². The van der Waals surface area contributed by atoms with Crippen LogP contribution in [0.1, 0.15) is 5.69 Å². The highest BCUT2D eigenvalue weighted by Crippen LogP contribution is 2.25. The van der Waals surface area contributed by atoms with Crippen LogP contribution >= 0.6 is 11.3 Å². The number of fused-ring (bicyclic) bond motifs is 1. The Kier molecular flexibility index (Phi) is 3.84. The molecule has 4 aromatic rings. The van der Waals surface area contributed by atoms with Crippen molar-refractivity contribution in [1.82, 2.24) is 4.98 Å². The quantitative estimate of drug-likeness (QED) is 0.400. The van der Waals surface area contributed by atoms with Gasteiger partial charge in [-0.25, -0.2) is 4.98 Å². The molecule has 0 unspecified atom stereocenters. The summed E-state index contributed by atoms with van der Waals surface area (Å²) in [5.41, 5.74) is 0.678. The molecule has 4 rings (SSSR count). The molecule has 4 nitrogen and oxygen atoms in total. The summed E-state index contributed by atoms with van der Waals surface area (Å²) in [6, 6.07) is 17.2. The molecule has 0 aliphatic carbocycles. The van der Waals surface area contributed by atoms with Gasteiger partial charge in [-0.15, -0.1) is 11.3 Å². The molecule has 0 aliphatic rings. The van der Waals surface area contributed by atoms with Gasteiger partial charge in [0.25, 0.3) is 0 Å². The first-order valence-corrected chi connectivity index (χ1v) is 8.34. The second kappa shape index (κ2) is 6.29. The average Bonchev–Trinajstić information content (AvgIpc) is 3.26. The Hall–Kier alpha value is -2.92. The number of rotatable bonds is 4. The zero-order chi connectivity index (χ0) is 16.4. The summed E-state index contributed by atoms with van der Waals surface area (Å²) < 4.78 is 10.7. The van der Waals surface area contributed by atoms with Crippen LogP contribution in [0.3, 0.4) is 0 Å². The zero-order valence-electron chi connectivity index (χ0n) is 12.6. The van der Waals surface area contributed by atoms with Crippen molar-refractivity contribution in [3.63, 3.8) is 0 Å². The average molecular weight is 335 g/mol. The number of furan rings is 1. The van der Waals surface area contributed by atoms with Crippen molar-refractivity contribution in [1.29, 1.82) is 0 Å². The number of hydrogen-bond donors (Lipinski definition) is 0. The molecule has 2 aromatic heterocycles. The largest absolute Gasteiger partial charge is 0.462 e. The van der Waals surface area contributed by atoms with Gasteiger partial charge in [0.2, 0.25) is 0 Å². The molecule has 0 radical (unpaired) electrons. The normalized spacial score (nSPS) is 10.8. The molecule has 0 fully saturated rings. The Labute approximate surface area is 142 Å². The number of ether oxygens (including phenoxy) is 1. The van der Waals surface area contributed by atoms with E-state index in [0.717, 1.165) is 15.8 Å². The van der Waals surface area contributed by atoms with Crippen molar-refractivity contribution < 1.29 is 13.9 Å². The van der Waals surface area contributed by atoms with Gasteiger partial charge in [-0.3, -0.25) is 4.79 Å². The van der Waals surface area contributed by atoms with Gasteiger partial charge >= 0.3 is 5.97 Å². The van der Waals surface area contributed by atoms with Crippen molar-refractivity contribution in [3.8, 4) is 16.5 Å². The number of nitrogens with zero attached hydrogens (tertiary/aromatic N) is 1. The molecule has 0 atom stereocenters.